The zero-order chi connectivity index (χ0) is 14.2. The third kappa shape index (κ3) is 2.60. The van der Waals surface area contributed by atoms with E-state index < -0.39 is 0 Å². The van der Waals surface area contributed by atoms with Crippen molar-refractivity contribution >= 4 is 22.6 Å². The molecule has 1 nitrogen and oxygen atoms in total. The highest BCUT2D eigenvalue weighted by molar-refractivity contribution is 14.1. The average Bonchev–Trinajstić information content (AvgIpc) is 3.08. The van der Waals surface area contributed by atoms with Gasteiger partial charge in [-0.1, -0.05) is 48.6 Å². The van der Waals surface area contributed by atoms with E-state index in [0.717, 1.165) is 24.0 Å². The van der Waals surface area contributed by atoms with Crippen LogP contribution in [-0.4, -0.2) is 5.60 Å². The van der Waals surface area contributed by atoms with Crippen molar-refractivity contribution in [3.05, 3.63) is 29.8 Å². The molecule has 0 heterocycles. The van der Waals surface area contributed by atoms with Crippen LogP contribution < -0.4 is 4.74 Å². The molecule has 20 heavy (non-hydrogen) atoms. The summed E-state index contributed by atoms with van der Waals surface area (Å²) in [6.07, 6.45) is 7.82. The first-order valence-electron chi connectivity index (χ1n) is 8.10. The van der Waals surface area contributed by atoms with Crippen LogP contribution in [0.3, 0.4) is 0 Å². The second kappa shape index (κ2) is 5.86. The van der Waals surface area contributed by atoms with Gasteiger partial charge in [0.1, 0.15) is 11.4 Å². The Morgan fingerprint density at radius 3 is 2.50 bits per heavy atom. The molecule has 110 valence electrons. The maximum absolute atomic E-state index is 6.51. The van der Waals surface area contributed by atoms with E-state index in [9.17, 15) is 0 Å². The summed E-state index contributed by atoms with van der Waals surface area (Å²) in [6.45, 7) is 4.54. The lowest BCUT2D eigenvalue weighted by atomic mass is 9.82. The van der Waals surface area contributed by atoms with Gasteiger partial charge in [0.15, 0.2) is 0 Å². The first-order chi connectivity index (χ1) is 9.66. The monoisotopic (exact) mass is 384 g/mol. The van der Waals surface area contributed by atoms with E-state index in [0.29, 0.717) is 3.92 Å². The number of benzene rings is 1. The number of fused-ring (bicyclic) bond motifs is 2. The molecular formula is C18H25IO. The Morgan fingerprint density at radius 2 is 2.00 bits per heavy atom. The van der Waals surface area contributed by atoms with Crippen LogP contribution in [0.15, 0.2) is 24.3 Å². The minimum absolute atomic E-state index is 0.138. The first kappa shape index (κ1) is 14.7. The Hall–Kier alpha value is -0.250. The highest BCUT2D eigenvalue weighted by atomic mass is 127. The van der Waals surface area contributed by atoms with E-state index in [1.54, 1.807) is 0 Å². The van der Waals surface area contributed by atoms with E-state index in [1.165, 1.54) is 37.7 Å². The molecule has 0 N–H and O–H groups in total. The van der Waals surface area contributed by atoms with Crippen LogP contribution in [0.2, 0.25) is 0 Å². The van der Waals surface area contributed by atoms with Crippen LogP contribution in [0, 0.1) is 11.8 Å². The molecule has 0 aromatic heterocycles. The maximum atomic E-state index is 6.51. The molecule has 2 aliphatic rings. The molecule has 2 bridgehead atoms. The summed E-state index contributed by atoms with van der Waals surface area (Å²) in [4.78, 5) is 0. The lowest BCUT2D eigenvalue weighted by Gasteiger charge is -2.37. The van der Waals surface area contributed by atoms with Gasteiger partial charge in [0.05, 0.1) is 0 Å². The van der Waals surface area contributed by atoms with Gasteiger partial charge in [-0.3, -0.25) is 0 Å². The van der Waals surface area contributed by atoms with E-state index >= 15 is 0 Å². The Kier molecular flexibility index (Phi) is 4.30. The lowest BCUT2D eigenvalue weighted by Crippen LogP contribution is -2.40. The topological polar surface area (TPSA) is 9.23 Å². The van der Waals surface area contributed by atoms with Gasteiger partial charge < -0.3 is 4.74 Å². The summed E-state index contributed by atoms with van der Waals surface area (Å²) < 4.78 is 7.13. The minimum atomic E-state index is 0.138. The summed E-state index contributed by atoms with van der Waals surface area (Å²) in [5.41, 5.74) is 1.55. The van der Waals surface area contributed by atoms with Gasteiger partial charge in [-0.15, -0.1) is 0 Å². The number of hydrogen-bond donors (Lipinski definition) is 0. The molecule has 0 amide bonds. The van der Waals surface area contributed by atoms with Gasteiger partial charge in [-0.2, -0.15) is 0 Å². The zero-order valence-electron chi connectivity index (χ0n) is 12.6. The van der Waals surface area contributed by atoms with Crippen LogP contribution in [-0.2, 0) is 0 Å². The van der Waals surface area contributed by atoms with E-state index in [4.69, 9.17) is 4.74 Å². The fraction of sp³-hybridized carbons (Fsp3) is 0.667. The molecule has 2 saturated carbocycles. The van der Waals surface area contributed by atoms with Gasteiger partial charge in [-0.25, -0.2) is 0 Å². The quantitative estimate of drug-likeness (QED) is 0.452. The Balaban J connectivity index is 1.74. The van der Waals surface area contributed by atoms with Crippen LogP contribution in [0.1, 0.15) is 61.9 Å². The molecule has 0 aliphatic heterocycles. The largest absolute Gasteiger partial charge is 0.487 e. The third-order valence-electron chi connectivity index (χ3n) is 5.44. The van der Waals surface area contributed by atoms with Crippen molar-refractivity contribution in [3.8, 4) is 5.75 Å². The SMILES string of the molecule is CCC(I)c1ccc(OC2(CC)CC3CCC2C3)cc1. The number of halogens is 1. The van der Waals surface area contributed by atoms with Gasteiger partial charge >= 0.3 is 0 Å². The molecule has 0 spiro atoms. The fourth-order valence-corrected chi connectivity index (χ4v) is 4.65. The molecule has 4 unspecified atom stereocenters. The molecule has 2 aliphatic carbocycles. The minimum Gasteiger partial charge on any atom is -0.487 e. The molecular weight excluding hydrogens is 359 g/mol. The molecule has 2 fully saturated rings. The number of hydrogen-bond acceptors (Lipinski definition) is 1. The van der Waals surface area contributed by atoms with Crippen LogP contribution >= 0.6 is 22.6 Å². The average molecular weight is 384 g/mol. The summed E-state index contributed by atoms with van der Waals surface area (Å²) in [6, 6.07) is 8.85. The van der Waals surface area contributed by atoms with Crippen molar-refractivity contribution in [2.45, 2.75) is 61.9 Å². The molecule has 4 atom stereocenters. The Bertz CT molecular complexity index is 455. The maximum Gasteiger partial charge on any atom is 0.120 e. The fourth-order valence-electron chi connectivity index (χ4n) is 4.24. The van der Waals surface area contributed by atoms with Crippen LogP contribution in [0.5, 0.6) is 5.75 Å². The van der Waals surface area contributed by atoms with Crippen molar-refractivity contribution in [2.75, 3.05) is 0 Å². The summed E-state index contributed by atoms with van der Waals surface area (Å²) in [5.74, 6) is 2.80. The first-order valence-corrected chi connectivity index (χ1v) is 9.34. The third-order valence-corrected chi connectivity index (χ3v) is 7.04. The number of alkyl halides is 1. The van der Waals surface area contributed by atoms with E-state index in [1.807, 2.05) is 0 Å². The second-order valence-electron chi connectivity index (χ2n) is 6.55. The lowest BCUT2D eigenvalue weighted by molar-refractivity contribution is 0.00944. The van der Waals surface area contributed by atoms with Gasteiger partial charge in [-0.05, 0) is 68.1 Å². The molecule has 1 aromatic rings. The number of rotatable bonds is 5. The van der Waals surface area contributed by atoms with Crippen molar-refractivity contribution < 1.29 is 4.74 Å². The van der Waals surface area contributed by atoms with Crippen LogP contribution in [0.25, 0.3) is 0 Å². The molecule has 3 rings (SSSR count). The summed E-state index contributed by atoms with van der Waals surface area (Å²) in [7, 11) is 0. The van der Waals surface area contributed by atoms with Gasteiger partial charge in [0.25, 0.3) is 0 Å². The number of ether oxygens (including phenoxy) is 1. The standard InChI is InChI=1S/C18H25IO/c1-3-17(19)14-6-9-16(10-7-14)20-18(4-2)12-13-5-8-15(18)11-13/h6-7,9-10,13,15,17H,3-5,8,11-12H2,1-2H3. The summed E-state index contributed by atoms with van der Waals surface area (Å²) >= 11 is 2.52. The smallest absolute Gasteiger partial charge is 0.120 e. The van der Waals surface area contributed by atoms with Gasteiger partial charge in [0, 0.05) is 3.92 Å². The van der Waals surface area contributed by atoms with Crippen LogP contribution in [0.4, 0.5) is 0 Å². The highest BCUT2D eigenvalue weighted by Crippen LogP contribution is 2.54. The molecule has 2 heteroatoms. The summed E-state index contributed by atoms with van der Waals surface area (Å²) in [5, 5.41) is 0. The zero-order valence-corrected chi connectivity index (χ0v) is 14.7. The molecule has 0 saturated heterocycles. The molecule has 0 radical (unpaired) electrons. The van der Waals surface area contributed by atoms with Crippen molar-refractivity contribution in [1.29, 1.82) is 0 Å². The predicted octanol–water partition coefficient (Wildman–Crippen LogP) is 5.92. The molecule has 1 aromatic carbocycles. The Morgan fingerprint density at radius 1 is 1.25 bits per heavy atom. The normalized spacial score (nSPS) is 33.4. The van der Waals surface area contributed by atoms with Crippen molar-refractivity contribution in [2.24, 2.45) is 11.8 Å². The Labute approximate surface area is 136 Å². The predicted molar refractivity (Wildman–Crippen MR) is 92.6 cm³/mol. The highest BCUT2D eigenvalue weighted by Gasteiger charge is 2.51. The van der Waals surface area contributed by atoms with Crippen molar-refractivity contribution in [1.82, 2.24) is 0 Å². The van der Waals surface area contributed by atoms with Crippen molar-refractivity contribution in [3.63, 3.8) is 0 Å². The van der Waals surface area contributed by atoms with E-state index in [-0.39, 0.29) is 5.60 Å². The second-order valence-corrected chi connectivity index (χ2v) is 8.05. The van der Waals surface area contributed by atoms with Gasteiger partial charge in [0.2, 0.25) is 0 Å². The van der Waals surface area contributed by atoms with E-state index in [2.05, 4.69) is 60.7 Å².